The van der Waals surface area contributed by atoms with Crippen LogP contribution in [0, 0.1) is 6.92 Å². The highest BCUT2D eigenvalue weighted by molar-refractivity contribution is 7.80. The summed E-state index contributed by atoms with van der Waals surface area (Å²) in [5.41, 5.74) is 2.31. The van der Waals surface area contributed by atoms with Crippen molar-refractivity contribution in [3.05, 3.63) is 65.2 Å². The van der Waals surface area contributed by atoms with E-state index in [2.05, 4.69) is 12.6 Å². The Morgan fingerprint density at radius 2 is 1.48 bits per heavy atom. The fourth-order valence-electron chi connectivity index (χ4n) is 1.82. The molecule has 0 saturated carbocycles. The lowest BCUT2D eigenvalue weighted by Crippen LogP contribution is -2.08. The maximum absolute atomic E-state index is 12.3. The van der Waals surface area contributed by atoms with Gasteiger partial charge in [0, 0.05) is 16.9 Å². The predicted octanol–water partition coefficient (Wildman–Crippen LogP) is 3.45. The number of ether oxygens (including phenoxy) is 1. The molecule has 0 bridgehead atoms. The van der Waals surface area contributed by atoms with Gasteiger partial charge in [0.25, 0.3) is 0 Å². The van der Waals surface area contributed by atoms with Crippen LogP contribution in [0.5, 0.6) is 5.75 Å². The first-order valence-electron chi connectivity index (χ1n) is 6.63. The van der Waals surface area contributed by atoms with Crippen molar-refractivity contribution in [2.75, 3.05) is 5.75 Å². The molecule has 0 amide bonds. The zero-order valence-electron chi connectivity index (χ0n) is 11.7. The molecule has 0 N–H and O–H groups in total. The van der Waals surface area contributed by atoms with Crippen molar-refractivity contribution < 1.29 is 14.3 Å². The van der Waals surface area contributed by atoms with Gasteiger partial charge in [0.1, 0.15) is 5.75 Å². The normalized spacial score (nSPS) is 10.2. The summed E-state index contributed by atoms with van der Waals surface area (Å²) in [6.45, 7) is 1.97. The number of hydrogen-bond acceptors (Lipinski definition) is 4. The second-order valence-corrected chi connectivity index (χ2v) is 5.11. The molecular weight excluding hydrogens is 284 g/mol. The second-order valence-electron chi connectivity index (χ2n) is 4.67. The van der Waals surface area contributed by atoms with Crippen LogP contribution in [0.25, 0.3) is 0 Å². The molecule has 21 heavy (non-hydrogen) atoms. The average molecular weight is 300 g/mol. The molecule has 0 aliphatic carbocycles. The minimum Gasteiger partial charge on any atom is -0.427 e. The number of carbonyl (C=O) groups is 2. The largest absolute Gasteiger partial charge is 0.427 e. The van der Waals surface area contributed by atoms with E-state index in [1.54, 1.807) is 36.4 Å². The number of hydrogen-bond donors (Lipinski definition) is 1. The van der Waals surface area contributed by atoms with E-state index in [-0.39, 0.29) is 18.2 Å². The molecule has 0 fully saturated rings. The molecule has 2 aromatic rings. The van der Waals surface area contributed by atoms with Gasteiger partial charge in [0.15, 0.2) is 5.78 Å². The number of ketones is 1. The zero-order valence-corrected chi connectivity index (χ0v) is 12.6. The van der Waals surface area contributed by atoms with E-state index in [9.17, 15) is 9.59 Å². The molecule has 0 radical (unpaired) electrons. The number of benzene rings is 2. The first kappa shape index (κ1) is 15.3. The number of aryl methyl sites for hydroxylation is 1. The van der Waals surface area contributed by atoms with Crippen LogP contribution in [0.4, 0.5) is 0 Å². The summed E-state index contributed by atoms with van der Waals surface area (Å²) < 4.78 is 5.11. The van der Waals surface area contributed by atoms with Gasteiger partial charge in [-0.25, -0.2) is 0 Å². The van der Waals surface area contributed by atoms with Crippen LogP contribution in [-0.2, 0) is 4.79 Å². The Labute approximate surface area is 129 Å². The molecular formula is C17H16O3S. The smallest absolute Gasteiger partial charge is 0.312 e. The van der Waals surface area contributed by atoms with Crippen LogP contribution in [0.15, 0.2) is 48.5 Å². The van der Waals surface area contributed by atoms with Crippen LogP contribution >= 0.6 is 12.6 Å². The number of rotatable bonds is 5. The lowest BCUT2D eigenvalue weighted by atomic mass is 10.0. The highest BCUT2D eigenvalue weighted by Crippen LogP contribution is 2.16. The van der Waals surface area contributed by atoms with Crippen molar-refractivity contribution in [3.63, 3.8) is 0 Å². The molecule has 0 spiro atoms. The number of thiol groups is 1. The molecule has 0 heterocycles. The van der Waals surface area contributed by atoms with Crippen molar-refractivity contribution >= 4 is 24.4 Å². The third-order valence-electron chi connectivity index (χ3n) is 2.98. The highest BCUT2D eigenvalue weighted by atomic mass is 32.1. The number of esters is 1. The van der Waals surface area contributed by atoms with E-state index < -0.39 is 0 Å². The molecule has 0 aromatic heterocycles. The zero-order chi connectivity index (χ0) is 15.2. The van der Waals surface area contributed by atoms with Crippen molar-refractivity contribution in [1.82, 2.24) is 0 Å². The Balaban J connectivity index is 2.09. The topological polar surface area (TPSA) is 43.4 Å². The minimum atomic E-state index is -0.331. The SMILES string of the molecule is Cc1ccc(C(=O)c2ccc(OC(=O)CCS)cc2)cc1. The Morgan fingerprint density at radius 1 is 0.952 bits per heavy atom. The molecule has 4 heteroatoms. The van der Waals surface area contributed by atoms with Gasteiger partial charge < -0.3 is 4.74 Å². The van der Waals surface area contributed by atoms with Crippen molar-refractivity contribution in [3.8, 4) is 5.75 Å². The summed E-state index contributed by atoms with van der Waals surface area (Å²) in [6, 6.07) is 14.0. The summed E-state index contributed by atoms with van der Waals surface area (Å²) in [5, 5.41) is 0. The van der Waals surface area contributed by atoms with Gasteiger partial charge >= 0.3 is 5.97 Å². The Morgan fingerprint density at radius 3 is 2.00 bits per heavy atom. The lowest BCUT2D eigenvalue weighted by Gasteiger charge is -2.05. The summed E-state index contributed by atoms with van der Waals surface area (Å²) in [4.78, 5) is 23.6. The van der Waals surface area contributed by atoms with Gasteiger partial charge in [0.05, 0.1) is 6.42 Å². The predicted molar refractivity (Wildman–Crippen MR) is 85.2 cm³/mol. The summed E-state index contributed by atoms with van der Waals surface area (Å²) >= 11 is 3.97. The van der Waals surface area contributed by atoms with E-state index in [4.69, 9.17) is 4.74 Å². The third kappa shape index (κ3) is 4.20. The average Bonchev–Trinajstić information content (AvgIpc) is 2.48. The van der Waals surface area contributed by atoms with Crippen LogP contribution in [0.3, 0.4) is 0 Å². The molecule has 0 atom stereocenters. The minimum absolute atomic E-state index is 0.0526. The molecule has 0 unspecified atom stereocenters. The number of carbonyl (C=O) groups excluding carboxylic acids is 2. The summed E-state index contributed by atoms with van der Waals surface area (Å²) in [7, 11) is 0. The van der Waals surface area contributed by atoms with Crippen molar-refractivity contribution in [1.29, 1.82) is 0 Å². The van der Waals surface area contributed by atoms with Gasteiger partial charge in [-0.2, -0.15) is 12.6 Å². The van der Waals surface area contributed by atoms with E-state index in [0.29, 0.717) is 22.6 Å². The van der Waals surface area contributed by atoms with Crippen molar-refractivity contribution in [2.45, 2.75) is 13.3 Å². The monoisotopic (exact) mass is 300 g/mol. The molecule has 3 nitrogen and oxygen atoms in total. The first-order chi connectivity index (χ1) is 10.1. The molecule has 0 aliphatic heterocycles. The molecule has 2 aromatic carbocycles. The van der Waals surface area contributed by atoms with E-state index in [0.717, 1.165) is 5.56 Å². The van der Waals surface area contributed by atoms with E-state index in [1.165, 1.54) is 0 Å². The highest BCUT2D eigenvalue weighted by Gasteiger charge is 2.09. The van der Waals surface area contributed by atoms with Gasteiger partial charge in [-0.15, -0.1) is 0 Å². The fraction of sp³-hybridized carbons (Fsp3) is 0.176. The van der Waals surface area contributed by atoms with Gasteiger partial charge in [-0.3, -0.25) is 9.59 Å². The van der Waals surface area contributed by atoms with Crippen LogP contribution in [-0.4, -0.2) is 17.5 Å². The van der Waals surface area contributed by atoms with Gasteiger partial charge in [0.2, 0.25) is 0 Å². The Hall–Kier alpha value is -2.07. The van der Waals surface area contributed by atoms with E-state index >= 15 is 0 Å². The summed E-state index contributed by atoms with van der Waals surface area (Å²) in [6.07, 6.45) is 0.257. The first-order valence-corrected chi connectivity index (χ1v) is 7.26. The standard InChI is InChI=1S/C17H16O3S/c1-12-2-4-13(5-3-12)17(19)14-6-8-15(9-7-14)20-16(18)10-11-21/h2-9,21H,10-11H2,1H3. The third-order valence-corrected chi connectivity index (χ3v) is 3.20. The van der Waals surface area contributed by atoms with E-state index in [1.807, 2.05) is 19.1 Å². The van der Waals surface area contributed by atoms with Crippen LogP contribution in [0.2, 0.25) is 0 Å². The molecule has 2 rings (SSSR count). The van der Waals surface area contributed by atoms with Gasteiger partial charge in [-0.1, -0.05) is 29.8 Å². The molecule has 108 valence electrons. The Kier molecular flexibility index (Phi) is 5.17. The Bertz CT molecular complexity index is 630. The second kappa shape index (κ2) is 7.09. The maximum atomic E-state index is 12.3. The lowest BCUT2D eigenvalue weighted by molar-refractivity contribution is -0.133. The summed E-state index contributed by atoms with van der Waals surface area (Å²) in [5.74, 6) is 0.496. The van der Waals surface area contributed by atoms with Crippen molar-refractivity contribution in [2.24, 2.45) is 0 Å². The molecule has 0 aliphatic rings. The van der Waals surface area contributed by atoms with Crippen LogP contribution < -0.4 is 4.74 Å². The maximum Gasteiger partial charge on any atom is 0.312 e. The fourth-order valence-corrected chi connectivity index (χ4v) is 2.00. The van der Waals surface area contributed by atoms with Crippen LogP contribution in [0.1, 0.15) is 27.9 Å². The quantitative estimate of drug-likeness (QED) is 0.398. The molecule has 0 saturated heterocycles. The van der Waals surface area contributed by atoms with Gasteiger partial charge in [-0.05, 0) is 31.2 Å².